The van der Waals surface area contributed by atoms with Crippen LogP contribution in [-0.2, 0) is 4.79 Å². The van der Waals surface area contributed by atoms with Crippen molar-refractivity contribution in [3.05, 3.63) is 74.8 Å². The summed E-state index contributed by atoms with van der Waals surface area (Å²) in [5.74, 6) is -0.286. The van der Waals surface area contributed by atoms with Gasteiger partial charge in [-0.15, -0.1) is 0 Å². The molecule has 0 spiro atoms. The monoisotopic (exact) mass is 317 g/mol. The van der Waals surface area contributed by atoms with Crippen LogP contribution in [-0.4, -0.2) is 10.9 Å². The van der Waals surface area contributed by atoms with E-state index in [1.165, 1.54) is 24.3 Å². The molecule has 22 heavy (non-hydrogen) atoms. The number of esters is 1. The number of hydrogen-bond acceptors (Lipinski definition) is 4. The van der Waals surface area contributed by atoms with Gasteiger partial charge in [-0.1, -0.05) is 17.7 Å². The fourth-order valence-corrected chi connectivity index (χ4v) is 1.86. The van der Waals surface area contributed by atoms with Crippen molar-refractivity contribution < 1.29 is 14.5 Å². The van der Waals surface area contributed by atoms with E-state index in [0.717, 1.165) is 5.56 Å². The van der Waals surface area contributed by atoms with E-state index in [0.29, 0.717) is 16.3 Å². The highest BCUT2D eigenvalue weighted by molar-refractivity contribution is 6.32. The van der Waals surface area contributed by atoms with Crippen molar-refractivity contribution in [2.24, 2.45) is 0 Å². The zero-order valence-corrected chi connectivity index (χ0v) is 12.4. The van der Waals surface area contributed by atoms with Crippen LogP contribution in [0.5, 0.6) is 5.75 Å². The second-order valence-electron chi connectivity index (χ2n) is 4.54. The van der Waals surface area contributed by atoms with E-state index in [4.69, 9.17) is 16.3 Å². The Kier molecular flexibility index (Phi) is 4.91. The van der Waals surface area contributed by atoms with Gasteiger partial charge in [-0.2, -0.15) is 0 Å². The van der Waals surface area contributed by atoms with E-state index in [1.54, 1.807) is 24.3 Å². The molecule has 0 atom stereocenters. The van der Waals surface area contributed by atoms with E-state index in [2.05, 4.69) is 0 Å². The average Bonchev–Trinajstić information content (AvgIpc) is 2.49. The predicted octanol–water partition coefficient (Wildman–Crippen LogP) is 4.18. The molecule has 2 aromatic carbocycles. The highest BCUT2D eigenvalue weighted by Crippen LogP contribution is 2.25. The standard InChI is InChI=1S/C16H12ClNO4/c1-11-2-8-14(17)15(10-11)22-16(19)9-5-12-3-6-13(7-4-12)18(20)21/h2-10H,1H3/b9-5+. The van der Waals surface area contributed by atoms with Crippen molar-refractivity contribution in [1.29, 1.82) is 0 Å². The minimum atomic E-state index is -0.578. The van der Waals surface area contributed by atoms with Crippen molar-refractivity contribution in [2.45, 2.75) is 6.92 Å². The molecule has 0 unspecified atom stereocenters. The summed E-state index contributed by atoms with van der Waals surface area (Å²) in [6.07, 6.45) is 2.75. The van der Waals surface area contributed by atoms with Crippen molar-refractivity contribution >= 4 is 29.3 Å². The fourth-order valence-electron chi connectivity index (χ4n) is 1.70. The number of non-ortho nitro benzene ring substituents is 1. The number of aryl methyl sites for hydroxylation is 1. The molecule has 0 fully saturated rings. The Morgan fingerprint density at radius 3 is 2.55 bits per heavy atom. The molecule has 0 aromatic heterocycles. The highest BCUT2D eigenvalue weighted by Gasteiger charge is 2.06. The SMILES string of the molecule is Cc1ccc(Cl)c(OC(=O)/C=C/c2ccc([N+](=O)[O-])cc2)c1. The Morgan fingerprint density at radius 1 is 1.23 bits per heavy atom. The topological polar surface area (TPSA) is 69.4 Å². The van der Waals surface area contributed by atoms with Gasteiger partial charge in [0.2, 0.25) is 0 Å². The van der Waals surface area contributed by atoms with Gasteiger partial charge >= 0.3 is 5.97 Å². The second kappa shape index (κ2) is 6.87. The highest BCUT2D eigenvalue weighted by atomic mass is 35.5. The third kappa shape index (κ3) is 4.17. The summed E-state index contributed by atoms with van der Waals surface area (Å²) in [6.45, 7) is 1.86. The number of halogens is 1. The third-order valence-electron chi connectivity index (χ3n) is 2.81. The summed E-state index contributed by atoms with van der Waals surface area (Å²) < 4.78 is 5.14. The van der Waals surface area contributed by atoms with Crippen molar-refractivity contribution in [3.63, 3.8) is 0 Å². The lowest BCUT2D eigenvalue weighted by Gasteiger charge is -2.04. The number of carbonyl (C=O) groups excluding carboxylic acids is 1. The number of nitrogens with zero attached hydrogens (tertiary/aromatic N) is 1. The first-order valence-corrected chi connectivity index (χ1v) is 6.74. The molecule has 0 aliphatic carbocycles. The van der Waals surface area contributed by atoms with Gasteiger partial charge < -0.3 is 4.74 Å². The molecule has 0 aliphatic heterocycles. The van der Waals surface area contributed by atoms with Crippen molar-refractivity contribution in [3.8, 4) is 5.75 Å². The smallest absolute Gasteiger partial charge is 0.336 e. The molecule has 2 rings (SSSR count). The van der Waals surface area contributed by atoms with Gasteiger partial charge in [-0.25, -0.2) is 4.79 Å². The number of carbonyl (C=O) groups is 1. The zero-order valence-electron chi connectivity index (χ0n) is 11.7. The molecule has 0 saturated heterocycles. The number of benzene rings is 2. The molecule has 0 amide bonds. The van der Waals surface area contributed by atoms with Crippen LogP contribution in [0.1, 0.15) is 11.1 Å². The van der Waals surface area contributed by atoms with Crippen LogP contribution in [0.3, 0.4) is 0 Å². The van der Waals surface area contributed by atoms with Crippen LogP contribution in [0.4, 0.5) is 5.69 Å². The molecule has 0 radical (unpaired) electrons. The summed E-state index contributed by atoms with van der Waals surface area (Å²) in [7, 11) is 0. The van der Waals surface area contributed by atoms with E-state index in [-0.39, 0.29) is 5.69 Å². The Balaban J connectivity index is 2.05. The van der Waals surface area contributed by atoms with Gasteiger partial charge in [0, 0.05) is 18.2 Å². The lowest BCUT2D eigenvalue weighted by Crippen LogP contribution is -2.04. The average molecular weight is 318 g/mol. The molecule has 0 bridgehead atoms. The summed E-state index contributed by atoms with van der Waals surface area (Å²) in [5.41, 5.74) is 1.57. The van der Waals surface area contributed by atoms with Crippen LogP contribution < -0.4 is 4.74 Å². The Morgan fingerprint density at radius 2 is 1.91 bits per heavy atom. The minimum Gasteiger partial charge on any atom is -0.422 e. The summed E-state index contributed by atoms with van der Waals surface area (Å²) in [5, 5.41) is 10.9. The van der Waals surface area contributed by atoms with Crippen LogP contribution >= 0.6 is 11.6 Å². The van der Waals surface area contributed by atoms with Gasteiger partial charge in [-0.05, 0) is 48.4 Å². The maximum Gasteiger partial charge on any atom is 0.336 e. The minimum absolute atomic E-state index is 0.00808. The van der Waals surface area contributed by atoms with Gasteiger partial charge in [0.15, 0.2) is 0 Å². The molecule has 0 saturated carbocycles. The predicted molar refractivity (Wildman–Crippen MR) is 84.0 cm³/mol. The van der Waals surface area contributed by atoms with Gasteiger partial charge in [0.1, 0.15) is 5.75 Å². The molecular formula is C16H12ClNO4. The summed E-state index contributed by atoms with van der Waals surface area (Å²) in [4.78, 5) is 21.8. The summed E-state index contributed by atoms with van der Waals surface area (Å²) >= 11 is 5.94. The van der Waals surface area contributed by atoms with Crippen molar-refractivity contribution in [2.75, 3.05) is 0 Å². The third-order valence-corrected chi connectivity index (χ3v) is 3.13. The van der Waals surface area contributed by atoms with E-state index >= 15 is 0 Å². The Bertz CT molecular complexity index is 738. The number of ether oxygens (including phenoxy) is 1. The molecule has 0 heterocycles. The molecule has 6 heteroatoms. The molecule has 5 nitrogen and oxygen atoms in total. The normalized spacial score (nSPS) is 10.6. The van der Waals surface area contributed by atoms with Gasteiger partial charge in [-0.3, -0.25) is 10.1 Å². The number of rotatable bonds is 4. The maximum atomic E-state index is 11.7. The number of nitro groups is 1. The molecule has 2 aromatic rings. The fraction of sp³-hybridized carbons (Fsp3) is 0.0625. The number of hydrogen-bond donors (Lipinski definition) is 0. The zero-order chi connectivity index (χ0) is 16.1. The van der Waals surface area contributed by atoms with E-state index in [9.17, 15) is 14.9 Å². The summed E-state index contributed by atoms with van der Waals surface area (Å²) in [6, 6.07) is 10.9. The molecule has 0 aliphatic rings. The first kappa shape index (κ1) is 15.7. The second-order valence-corrected chi connectivity index (χ2v) is 4.94. The molecule has 0 N–H and O–H groups in total. The van der Waals surface area contributed by atoms with Crippen LogP contribution in [0.25, 0.3) is 6.08 Å². The van der Waals surface area contributed by atoms with Crippen LogP contribution in [0, 0.1) is 17.0 Å². The first-order chi connectivity index (χ1) is 10.5. The molecular weight excluding hydrogens is 306 g/mol. The first-order valence-electron chi connectivity index (χ1n) is 6.36. The lowest BCUT2D eigenvalue weighted by atomic mass is 10.2. The number of nitro benzene ring substituents is 1. The van der Waals surface area contributed by atoms with Gasteiger partial charge in [0.25, 0.3) is 5.69 Å². The van der Waals surface area contributed by atoms with Crippen LogP contribution in [0.15, 0.2) is 48.5 Å². The Labute approximate surface area is 131 Å². The van der Waals surface area contributed by atoms with E-state index in [1.807, 2.05) is 13.0 Å². The largest absolute Gasteiger partial charge is 0.422 e. The van der Waals surface area contributed by atoms with Crippen molar-refractivity contribution in [1.82, 2.24) is 0 Å². The Hall–Kier alpha value is -2.66. The molecule has 112 valence electrons. The van der Waals surface area contributed by atoms with Gasteiger partial charge in [0.05, 0.1) is 9.95 Å². The van der Waals surface area contributed by atoms with E-state index < -0.39 is 10.9 Å². The lowest BCUT2D eigenvalue weighted by molar-refractivity contribution is -0.384. The van der Waals surface area contributed by atoms with Crippen LogP contribution in [0.2, 0.25) is 5.02 Å². The maximum absolute atomic E-state index is 11.7. The quantitative estimate of drug-likeness (QED) is 0.279.